The summed E-state index contributed by atoms with van der Waals surface area (Å²) in [6.45, 7) is 8.06. The third kappa shape index (κ3) is 3.01. The molecule has 0 radical (unpaired) electrons. The molecule has 17 heavy (non-hydrogen) atoms. The molecule has 0 amide bonds. The molecule has 2 fully saturated rings. The molecule has 0 aromatic rings. The molecule has 2 unspecified atom stereocenters. The molecular formula is C14H28N2O. The molecule has 0 bridgehead atoms. The van der Waals surface area contributed by atoms with Gasteiger partial charge in [-0.1, -0.05) is 20.8 Å². The van der Waals surface area contributed by atoms with Gasteiger partial charge in [0, 0.05) is 23.7 Å². The molecule has 2 N–H and O–H groups in total. The highest BCUT2D eigenvalue weighted by Gasteiger charge is 2.43. The highest BCUT2D eigenvalue weighted by Crippen LogP contribution is 2.38. The van der Waals surface area contributed by atoms with Gasteiger partial charge in [-0.2, -0.15) is 0 Å². The maximum absolute atomic E-state index is 9.71. The Morgan fingerprint density at radius 1 is 1.29 bits per heavy atom. The first-order valence-corrected chi connectivity index (χ1v) is 7.24. The molecule has 0 aromatic heterocycles. The Morgan fingerprint density at radius 3 is 2.47 bits per heavy atom. The summed E-state index contributed by atoms with van der Waals surface area (Å²) < 4.78 is 0. The lowest BCUT2D eigenvalue weighted by atomic mass is 9.97. The lowest BCUT2D eigenvalue weighted by Gasteiger charge is -2.33. The first kappa shape index (κ1) is 13.3. The summed E-state index contributed by atoms with van der Waals surface area (Å²) >= 11 is 0. The van der Waals surface area contributed by atoms with Crippen molar-refractivity contribution in [2.24, 2.45) is 0 Å². The Kier molecular flexibility index (Phi) is 4.11. The highest BCUT2D eigenvalue weighted by atomic mass is 16.3. The van der Waals surface area contributed by atoms with E-state index in [2.05, 4.69) is 31.0 Å². The number of nitrogens with zero attached hydrogens (tertiary/aromatic N) is 1. The molecule has 0 aliphatic heterocycles. The van der Waals surface area contributed by atoms with Crippen LogP contribution in [0.2, 0.25) is 0 Å². The van der Waals surface area contributed by atoms with Gasteiger partial charge in [0.15, 0.2) is 0 Å². The van der Waals surface area contributed by atoms with Crippen molar-refractivity contribution in [1.29, 1.82) is 0 Å². The van der Waals surface area contributed by atoms with E-state index < -0.39 is 0 Å². The summed E-state index contributed by atoms with van der Waals surface area (Å²) in [5.74, 6) is 0. The lowest BCUT2D eigenvalue weighted by Crippen LogP contribution is -2.51. The minimum Gasteiger partial charge on any atom is -0.394 e. The van der Waals surface area contributed by atoms with Crippen LogP contribution in [-0.4, -0.2) is 46.8 Å². The van der Waals surface area contributed by atoms with Gasteiger partial charge in [-0.25, -0.2) is 0 Å². The van der Waals surface area contributed by atoms with Crippen LogP contribution in [0.25, 0.3) is 0 Å². The van der Waals surface area contributed by atoms with Crippen LogP contribution in [0.4, 0.5) is 0 Å². The summed E-state index contributed by atoms with van der Waals surface area (Å²) in [6, 6.07) is 1.99. The van der Waals surface area contributed by atoms with Gasteiger partial charge < -0.3 is 10.4 Å². The zero-order chi connectivity index (χ0) is 12.5. The molecule has 2 atom stereocenters. The smallest absolute Gasteiger partial charge is 0.0614 e. The Hall–Kier alpha value is -0.120. The van der Waals surface area contributed by atoms with Crippen LogP contribution in [0.5, 0.6) is 0 Å². The van der Waals surface area contributed by atoms with Gasteiger partial charge in [-0.3, -0.25) is 4.90 Å². The van der Waals surface area contributed by atoms with E-state index in [9.17, 15) is 5.11 Å². The van der Waals surface area contributed by atoms with E-state index in [1.54, 1.807) is 0 Å². The predicted molar refractivity (Wildman–Crippen MR) is 71.1 cm³/mol. The first-order chi connectivity index (χ1) is 8.10. The van der Waals surface area contributed by atoms with Crippen molar-refractivity contribution in [3.8, 4) is 0 Å². The van der Waals surface area contributed by atoms with E-state index in [1.165, 1.54) is 25.8 Å². The fourth-order valence-electron chi connectivity index (χ4n) is 3.53. The Labute approximate surface area is 106 Å². The molecule has 100 valence electrons. The van der Waals surface area contributed by atoms with Crippen LogP contribution in [0.1, 0.15) is 52.9 Å². The summed E-state index contributed by atoms with van der Waals surface area (Å²) in [5, 5.41) is 13.3. The number of aliphatic hydroxyl groups excluding tert-OH is 1. The van der Waals surface area contributed by atoms with E-state index in [0.717, 1.165) is 18.9 Å². The molecule has 0 saturated heterocycles. The van der Waals surface area contributed by atoms with Crippen molar-refractivity contribution >= 4 is 0 Å². The zero-order valence-electron chi connectivity index (χ0n) is 11.6. The predicted octanol–water partition coefficient (Wildman–Crippen LogP) is 1.75. The second-order valence-electron chi connectivity index (χ2n) is 6.20. The van der Waals surface area contributed by atoms with E-state index in [-0.39, 0.29) is 12.1 Å². The largest absolute Gasteiger partial charge is 0.394 e. The van der Waals surface area contributed by atoms with E-state index >= 15 is 0 Å². The van der Waals surface area contributed by atoms with Gasteiger partial charge in [0.2, 0.25) is 0 Å². The average Bonchev–Trinajstić information content (AvgIpc) is 3.02. The minimum atomic E-state index is -0.0128. The van der Waals surface area contributed by atoms with Crippen molar-refractivity contribution < 1.29 is 5.11 Å². The van der Waals surface area contributed by atoms with Crippen molar-refractivity contribution in [3.63, 3.8) is 0 Å². The first-order valence-electron chi connectivity index (χ1n) is 7.24. The normalized spacial score (nSPS) is 33.9. The van der Waals surface area contributed by atoms with Crippen LogP contribution < -0.4 is 5.32 Å². The third-order valence-corrected chi connectivity index (χ3v) is 4.33. The third-order valence-electron chi connectivity index (χ3n) is 4.33. The molecule has 2 rings (SSSR count). The highest BCUT2D eigenvalue weighted by molar-refractivity contribution is 5.02. The van der Waals surface area contributed by atoms with Crippen LogP contribution in [0.3, 0.4) is 0 Å². The minimum absolute atomic E-state index is 0.0128. The molecule has 0 aromatic carbocycles. The number of hydrogen-bond acceptors (Lipinski definition) is 3. The molecule has 2 aliphatic carbocycles. The Bertz CT molecular complexity index is 253. The van der Waals surface area contributed by atoms with E-state index in [1.807, 2.05) is 0 Å². The van der Waals surface area contributed by atoms with Crippen LogP contribution >= 0.6 is 0 Å². The molecule has 3 heteroatoms. The van der Waals surface area contributed by atoms with E-state index in [0.29, 0.717) is 12.1 Å². The average molecular weight is 240 g/mol. The Morgan fingerprint density at radius 2 is 2.00 bits per heavy atom. The van der Waals surface area contributed by atoms with Crippen molar-refractivity contribution in [3.05, 3.63) is 0 Å². The number of aliphatic hydroxyl groups is 1. The monoisotopic (exact) mass is 240 g/mol. The SMILES string of the molecule is CCN(C1CC1)C1CCC(CO)(NC(C)C)C1. The quantitative estimate of drug-likeness (QED) is 0.742. The molecular weight excluding hydrogens is 212 g/mol. The number of rotatable bonds is 6. The maximum atomic E-state index is 9.71. The fourth-order valence-corrected chi connectivity index (χ4v) is 3.53. The van der Waals surface area contributed by atoms with Gasteiger partial charge in [-0.15, -0.1) is 0 Å². The standard InChI is InChI=1S/C14H28N2O/c1-4-16(12-5-6-12)13-7-8-14(9-13,10-17)15-11(2)3/h11-13,15,17H,4-10H2,1-3H3. The van der Waals surface area contributed by atoms with Gasteiger partial charge in [0.05, 0.1) is 6.61 Å². The van der Waals surface area contributed by atoms with E-state index in [4.69, 9.17) is 0 Å². The number of nitrogens with one attached hydrogen (secondary N) is 1. The van der Waals surface area contributed by atoms with Crippen LogP contribution in [-0.2, 0) is 0 Å². The molecule has 2 saturated carbocycles. The molecule has 0 spiro atoms. The molecule has 2 aliphatic rings. The maximum Gasteiger partial charge on any atom is 0.0614 e. The number of hydrogen-bond donors (Lipinski definition) is 2. The summed E-state index contributed by atoms with van der Waals surface area (Å²) in [5.41, 5.74) is -0.0128. The van der Waals surface area contributed by atoms with Crippen LogP contribution in [0.15, 0.2) is 0 Å². The van der Waals surface area contributed by atoms with Gasteiger partial charge in [0.25, 0.3) is 0 Å². The molecule has 3 nitrogen and oxygen atoms in total. The fraction of sp³-hybridized carbons (Fsp3) is 1.00. The summed E-state index contributed by atoms with van der Waals surface area (Å²) in [4.78, 5) is 2.67. The zero-order valence-corrected chi connectivity index (χ0v) is 11.6. The van der Waals surface area contributed by atoms with Crippen molar-refractivity contribution in [1.82, 2.24) is 10.2 Å². The lowest BCUT2D eigenvalue weighted by molar-refractivity contribution is 0.134. The summed E-state index contributed by atoms with van der Waals surface area (Å²) in [7, 11) is 0. The second-order valence-corrected chi connectivity index (χ2v) is 6.20. The topological polar surface area (TPSA) is 35.5 Å². The second kappa shape index (κ2) is 5.25. The van der Waals surface area contributed by atoms with Crippen molar-refractivity contribution in [2.75, 3.05) is 13.2 Å². The summed E-state index contributed by atoms with van der Waals surface area (Å²) in [6.07, 6.45) is 6.24. The van der Waals surface area contributed by atoms with Gasteiger partial charge >= 0.3 is 0 Å². The van der Waals surface area contributed by atoms with Crippen molar-refractivity contribution in [2.45, 2.75) is 76.5 Å². The molecule has 0 heterocycles. The van der Waals surface area contributed by atoms with Gasteiger partial charge in [-0.05, 0) is 38.6 Å². The van der Waals surface area contributed by atoms with Crippen LogP contribution in [0, 0.1) is 0 Å². The Balaban J connectivity index is 1.95. The van der Waals surface area contributed by atoms with Gasteiger partial charge in [0.1, 0.15) is 0 Å².